The number of hydrogen-bond acceptors (Lipinski definition) is 6. The standard InChI is InChI=1S/C27H24F2N6O/c1-17-16-34(27(18-3-5-19(28)6-4-18)22-13-20(29)9-10-31-22)11-12-35(17)24-14-25(36)33(2)23-8-7-21(15-30)32-26(23)24/h3-10,13-14,17,27H,11-12,16H2,1-2H3/t17-,27?/m0/s1. The van der Waals surface area contributed by atoms with Crippen LogP contribution in [0, 0.1) is 23.0 Å². The Morgan fingerprint density at radius 2 is 1.83 bits per heavy atom. The average Bonchev–Trinajstić information content (AvgIpc) is 2.87. The summed E-state index contributed by atoms with van der Waals surface area (Å²) in [5, 5.41) is 9.37. The van der Waals surface area contributed by atoms with Crippen molar-refractivity contribution in [1.82, 2.24) is 19.4 Å². The van der Waals surface area contributed by atoms with E-state index in [1.165, 1.54) is 35.0 Å². The highest BCUT2D eigenvalue weighted by atomic mass is 19.1. The van der Waals surface area contributed by atoms with Crippen LogP contribution < -0.4 is 10.5 Å². The largest absolute Gasteiger partial charge is 0.364 e. The number of halogens is 2. The van der Waals surface area contributed by atoms with Gasteiger partial charge in [0.05, 0.1) is 22.9 Å². The molecule has 3 aromatic heterocycles. The maximum atomic E-state index is 14.1. The molecular formula is C27H24F2N6O. The highest BCUT2D eigenvalue weighted by Gasteiger charge is 2.32. The number of fused-ring (bicyclic) bond motifs is 1. The molecule has 182 valence electrons. The van der Waals surface area contributed by atoms with Gasteiger partial charge in [0.25, 0.3) is 5.56 Å². The normalized spacial score (nSPS) is 17.2. The third-order valence-corrected chi connectivity index (χ3v) is 6.73. The second kappa shape index (κ2) is 9.47. The molecule has 36 heavy (non-hydrogen) atoms. The fraction of sp³-hybridized carbons (Fsp3) is 0.259. The SMILES string of the molecule is C[C@H]1CN(C(c2ccc(F)cc2)c2cc(F)ccn2)CCN1c1cc(=O)n(C)c2ccc(C#N)nc12. The van der Waals surface area contributed by atoms with Crippen molar-refractivity contribution >= 4 is 16.7 Å². The van der Waals surface area contributed by atoms with Gasteiger partial charge in [0.2, 0.25) is 0 Å². The molecule has 4 aromatic rings. The molecular weight excluding hydrogens is 462 g/mol. The van der Waals surface area contributed by atoms with Crippen LogP contribution in [0.1, 0.15) is 29.9 Å². The van der Waals surface area contributed by atoms with Gasteiger partial charge in [-0.2, -0.15) is 5.26 Å². The summed E-state index contributed by atoms with van der Waals surface area (Å²) in [5.74, 6) is -0.727. The second-order valence-corrected chi connectivity index (χ2v) is 8.99. The topological polar surface area (TPSA) is 78.0 Å². The molecule has 1 aliphatic heterocycles. The smallest absolute Gasteiger partial charge is 0.252 e. The van der Waals surface area contributed by atoms with Gasteiger partial charge in [0, 0.05) is 45.0 Å². The maximum absolute atomic E-state index is 14.1. The van der Waals surface area contributed by atoms with Crippen molar-refractivity contribution in [3.63, 3.8) is 0 Å². The van der Waals surface area contributed by atoms with Crippen molar-refractivity contribution < 1.29 is 8.78 Å². The lowest BCUT2D eigenvalue weighted by atomic mass is 9.98. The quantitative estimate of drug-likeness (QED) is 0.437. The molecule has 0 bridgehead atoms. The Morgan fingerprint density at radius 3 is 2.53 bits per heavy atom. The molecule has 7 nitrogen and oxygen atoms in total. The summed E-state index contributed by atoms with van der Waals surface area (Å²) in [6, 6.07) is 15.5. The van der Waals surface area contributed by atoms with Gasteiger partial charge in [-0.3, -0.25) is 14.7 Å². The highest BCUT2D eigenvalue weighted by molar-refractivity contribution is 5.89. The predicted molar refractivity (Wildman–Crippen MR) is 133 cm³/mol. The summed E-state index contributed by atoms with van der Waals surface area (Å²) < 4.78 is 29.3. The maximum Gasteiger partial charge on any atom is 0.252 e. The minimum Gasteiger partial charge on any atom is -0.364 e. The zero-order valence-electron chi connectivity index (χ0n) is 19.9. The molecule has 9 heteroatoms. The Kier molecular flexibility index (Phi) is 6.20. The van der Waals surface area contributed by atoms with Crippen LogP contribution in [-0.2, 0) is 7.05 Å². The van der Waals surface area contributed by atoms with Gasteiger partial charge in [-0.1, -0.05) is 12.1 Å². The number of pyridine rings is 3. The number of piperazine rings is 1. The fourth-order valence-electron chi connectivity index (χ4n) is 4.96. The van der Waals surface area contributed by atoms with Gasteiger partial charge in [-0.05, 0) is 48.9 Å². The van der Waals surface area contributed by atoms with Crippen molar-refractivity contribution in [1.29, 1.82) is 5.26 Å². The number of benzene rings is 1. The van der Waals surface area contributed by atoms with Crippen molar-refractivity contribution in [3.8, 4) is 6.07 Å². The van der Waals surface area contributed by atoms with Crippen LogP contribution >= 0.6 is 0 Å². The third kappa shape index (κ3) is 4.32. The monoisotopic (exact) mass is 486 g/mol. The molecule has 0 amide bonds. The van der Waals surface area contributed by atoms with E-state index in [9.17, 15) is 18.8 Å². The van der Waals surface area contributed by atoms with E-state index in [0.717, 1.165) is 5.56 Å². The molecule has 0 saturated carbocycles. The zero-order chi connectivity index (χ0) is 25.4. The van der Waals surface area contributed by atoms with E-state index in [4.69, 9.17) is 0 Å². The van der Waals surface area contributed by atoms with Gasteiger partial charge in [0.1, 0.15) is 28.9 Å². The summed E-state index contributed by atoms with van der Waals surface area (Å²) in [4.78, 5) is 26.0. The minimum atomic E-state index is -0.384. The van der Waals surface area contributed by atoms with Crippen molar-refractivity contribution in [2.24, 2.45) is 7.05 Å². The lowest BCUT2D eigenvalue weighted by Gasteiger charge is -2.44. The first-order valence-electron chi connectivity index (χ1n) is 11.6. The minimum absolute atomic E-state index is 0.0434. The summed E-state index contributed by atoms with van der Waals surface area (Å²) >= 11 is 0. The Balaban J connectivity index is 1.52. The summed E-state index contributed by atoms with van der Waals surface area (Å²) in [6.07, 6.45) is 1.44. The number of anilines is 1. The Labute approximate surface area is 206 Å². The molecule has 4 heterocycles. The number of aromatic nitrogens is 3. The molecule has 0 N–H and O–H groups in total. The van der Waals surface area contributed by atoms with Gasteiger partial charge in [-0.25, -0.2) is 13.8 Å². The van der Waals surface area contributed by atoms with Crippen LogP contribution in [0.25, 0.3) is 11.0 Å². The summed E-state index contributed by atoms with van der Waals surface area (Å²) in [6.45, 7) is 3.77. The van der Waals surface area contributed by atoms with Crippen LogP contribution in [0.2, 0.25) is 0 Å². The molecule has 1 saturated heterocycles. The van der Waals surface area contributed by atoms with Crippen LogP contribution in [0.15, 0.2) is 65.6 Å². The molecule has 2 atom stereocenters. The molecule has 1 aliphatic rings. The molecule has 0 spiro atoms. The first-order chi connectivity index (χ1) is 17.4. The molecule has 5 rings (SSSR count). The second-order valence-electron chi connectivity index (χ2n) is 8.99. The predicted octanol–water partition coefficient (Wildman–Crippen LogP) is 3.78. The summed E-state index contributed by atoms with van der Waals surface area (Å²) in [5.41, 5.74) is 3.40. The van der Waals surface area contributed by atoms with Gasteiger partial charge >= 0.3 is 0 Å². The first kappa shape index (κ1) is 23.6. The van der Waals surface area contributed by atoms with Crippen LogP contribution in [0.3, 0.4) is 0 Å². The molecule has 1 fully saturated rings. The van der Waals surface area contributed by atoms with Crippen molar-refractivity contribution in [2.75, 3.05) is 24.5 Å². The molecule has 0 aliphatic carbocycles. The number of rotatable bonds is 4. The Bertz CT molecular complexity index is 1530. The summed E-state index contributed by atoms with van der Waals surface area (Å²) in [7, 11) is 1.68. The lowest BCUT2D eigenvalue weighted by Crippen LogP contribution is -2.53. The van der Waals surface area contributed by atoms with E-state index in [1.54, 1.807) is 37.4 Å². The molecule has 1 aromatic carbocycles. The van der Waals surface area contributed by atoms with Gasteiger partial charge in [0.15, 0.2) is 0 Å². The van der Waals surface area contributed by atoms with E-state index in [0.29, 0.717) is 42.0 Å². The van der Waals surface area contributed by atoms with Gasteiger partial charge < -0.3 is 9.47 Å². The molecule has 1 unspecified atom stereocenters. The van der Waals surface area contributed by atoms with E-state index in [1.807, 2.05) is 6.92 Å². The van der Waals surface area contributed by atoms with Crippen LogP contribution in [0.5, 0.6) is 0 Å². The third-order valence-electron chi connectivity index (χ3n) is 6.73. The fourth-order valence-corrected chi connectivity index (χ4v) is 4.96. The van der Waals surface area contributed by atoms with E-state index >= 15 is 0 Å². The van der Waals surface area contributed by atoms with E-state index in [-0.39, 0.29) is 35.0 Å². The Morgan fingerprint density at radius 1 is 1.06 bits per heavy atom. The highest BCUT2D eigenvalue weighted by Crippen LogP contribution is 2.33. The number of nitriles is 1. The zero-order valence-corrected chi connectivity index (χ0v) is 19.9. The van der Waals surface area contributed by atoms with Crippen LogP contribution in [-0.4, -0.2) is 45.1 Å². The average molecular weight is 487 g/mol. The van der Waals surface area contributed by atoms with Crippen molar-refractivity contribution in [3.05, 3.63) is 99.7 Å². The van der Waals surface area contributed by atoms with Gasteiger partial charge in [-0.15, -0.1) is 0 Å². The molecule has 0 radical (unpaired) electrons. The van der Waals surface area contributed by atoms with E-state index in [2.05, 4.69) is 25.8 Å². The first-order valence-corrected chi connectivity index (χ1v) is 11.6. The lowest BCUT2D eigenvalue weighted by molar-refractivity contribution is 0.185. The van der Waals surface area contributed by atoms with Crippen molar-refractivity contribution in [2.45, 2.75) is 19.0 Å². The Hall–Kier alpha value is -4.16. The van der Waals surface area contributed by atoms with E-state index < -0.39 is 0 Å². The van der Waals surface area contributed by atoms with Crippen LogP contribution in [0.4, 0.5) is 14.5 Å². The number of nitrogens with zero attached hydrogens (tertiary/aromatic N) is 6. The number of aryl methyl sites for hydroxylation is 1. The number of hydrogen-bond donors (Lipinski definition) is 0.